The van der Waals surface area contributed by atoms with Crippen molar-refractivity contribution < 1.29 is 32.2 Å². The van der Waals surface area contributed by atoms with Crippen LogP contribution in [0.1, 0.15) is 43.2 Å². The zero-order chi connectivity index (χ0) is 35.6. The fraction of sp³-hybridized carbons (Fsp3) is 0.371. The number of carbonyl (C=O) groups excluding carboxylic acids is 1. The normalized spacial score (nSPS) is 17.4. The number of hydrogen-bond acceptors (Lipinski definition) is 7. The molecule has 0 bridgehead atoms. The number of aromatic nitrogens is 2. The van der Waals surface area contributed by atoms with Gasteiger partial charge in [0.25, 0.3) is 0 Å². The molecular weight excluding hydrogens is 646 g/mol. The van der Waals surface area contributed by atoms with Crippen molar-refractivity contribution in [2.45, 2.75) is 44.4 Å². The molecule has 0 saturated heterocycles. The summed E-state index contributed by atoms with van der Waals surface area (Å²) in [6, 6.07) is 16.6. The molecule has 1 aromatic heterocycles. The molecule has 8 nitrogen and oxygen atoms in total. The maximum atomic E-state index is 14.4. The maximum Gasteiger partial charge on any atom is 0.416 e. The molecule has 4 aromatic rings. The van der Waals surface area contributed by atoms with E-state index in [0.717, 1.165) is 58.5 Å². The van der Waals surface area contributed by atoms with Gasteiger partial charge >= 0.3 is 6.18 Å². The molecule has 0 spiro atoms. The third-order valence-corrected chi connectivity index (χ3v) is 7.96. The number of benzene rings is 3. The zero-order valence-electron chi connectivity index (χ0n) is 27.7. The summed E-state index contributed by atoms with van der Waals surface area (Å²) in [4.78, 5) is 19.9. The van der Waals surface area contributed by atoms with Crippen LogP contribution in [0.4, 0.5) is 29.2 Å². The summed E-state index contributed by atoms with van der Waals surface area (Å²) in [5.74, 6) is -1.14. The molecular formula is C35H43F4N5O3S. The first-order valence-electron chi connectivity index (χ1n) is 15.4. The van der Waals surface area contributed by atoms with Gasteiger partial charge in [0.15, 0.2) is 0 Å². The number of hydrogen-bond donors (Lipinski definition) is 4. The predicted molar refractivity (Wildman–Crippen MR) is 187 cm³/mol. The van der Waals surface area contributed by atoms with Crippen molar-refractivity contribution in [2.75, 3.05) is 38.0 Å². The lowest BCUT2D eigenvalue weighted by Crippen LogP contribution is -2.35. The van der Waals surface area contributed by atoms with Gasteiger partial charge < -0.3 is 24.6 Å². The monoisotopic (exact) mass is 689 g/mol. The summed E-state index contributed by atoms with van der Waals surface area (Å²) in [6.07, 6.45) is -2.38. The largest absolute Gasteiger partial charge is 0.516 e. The summed E-state index contributed by atoms with van der Waals surface area (Å²) >= 11 is 3.54. The molecule has 3 aromatic carbocycles. The molecule has 3 unspecified atom stereocenters. The van der Waals surface area contributed by atoms with Crippen molar-refractivity contribution in [1.29, 1.82) is 0 Å². The third-order valence-electron chi connectivity index (χ3n) is 7.96. The summed E-state index contributed by atoms with van der Waals surface area (Å²) in [5.41, 5.74) is 3.74. The van der Waals surface area contributed by atoms with Crippen molar-refractivity contribution in [3.63, 3.8) is 0 Å². The molecule has 5 rings (SSSR count). The number of aryl methyl sites for hydroxylation is 1. The van der Waals surface area contributed by atoms with Crippen LogP contribution < -0.4 is 14.9 Å². The van der Waals surface area contributed by atoms with E-state index in [4.69, 9.17) is 14.8 Å². The van der Waals surface area contributed by atoms with Crippen LogP contribution in [-0.4, -0.2) is 54.4 Å². The van der Waals surface area contributed by atoms with E-state index in [-0.39, 0.29) is 17.7 Å². The van der Waals surface area contributed by atoms with Crippen molar-refractivity contribution in [2.24, 2.45) is 13.0 Å². The van der Waals surface area contributed by atoms with Crippen molar-refractivity contribution >= 4 is 41.4 Å². The van der Waals surface area contributed by atoms with Crippen LogP contribution in [-0.2, 0) is 22.8 Å². The zero-order valence-corrected chi connectivity index (χ0v) is 28.6. The van der Waals surface area contributed by atoms with Crippen LogP contribution in [0, 0.1) is 11.7 Å². The number of ether oxygens (including phenoxy) is 1. The van der Waals surface area contributed by atoms with Crippen LogP contribution in [0.25, 0.3) is 22.2 Å². The van der Waals surface area contributed by atoms with E-state index < -0.39 is 29.4 Å². The van der Waals surface area contributed by atoms with Gasteiger partial charge in [-0.15, -0.1) is 0 Å². The highest BCUT2D eigenvalue weighted by Gasteiger charge is 2.35. The topological polar surface area (TPSA) is 91.7 Å². The number of nitrogens with zero attached hydrogens (tertiary/aromatic N) is 3. The minimum absolute atomic E-state index is 0.0264. The Kier molecular flexibility index (Phi) is 13.9. The Labute approximate surface area is 284 Å². The van der Waals surface area contributed by atoms with Gasteiger partial charge in [0.1, 0.15) is 5.82 Å². The Bertz CT molecular complexity index is 1660. The van der Waals surface area contributed by atoms with Gasteiger partial charge in [0, 0.05) is 33.7 Å². The molecule has 1 saturated carbocycles. The fourth-order valence-electron chi connectivity index (χ4n) is 5.87. The minimum atomic E-state index is -4.67. The smallest absolute Gasteiger partial charge is 0.416 e. The standard InChI is InChI=1S/C32H34F4N4O2.C2H4O.CH5NS/c1-5-42-25-15-22(14-23(16-25)30(41)37-27-12-11-24(18-26(27)33)32(34,35)36)20-8-6-19(7-9-20)21-10-13-29-28(17-21)38-31(39(2)3)40(29)4;2*1-2-3/h6-13,17-18,22-23,25H,5,14-16H2,1-4H3,(H,37,41);2-3H,1H2;2-3H,1H3. The lowest BCUT2D eigenvalue weighted by molar-refractivity contribution is -0.137. The van der Waals surface area contributed by atoms with Crippen LogP contribution >= 0.6 is 12.8 Å². The van der Waals surface area contributed by atoms with Gasteiger partial charge in [-0.05, 0) is 86.2 Å². The number of halogens is 4. The third kappa shape index (κ3) is 9.74. The SMILES string of the molecule is C=CO.CCOC1CC(C(=O)Nc2ccc(C(F)(F)F)cc2F)CC(c2ccc(-c3ccc4c(c3)nc(N(C)C)n4C)cc2)C1.CNS. The lowest BCUT2D eigenvalue weighted by Gasteiger charge is -2.34. The molecule has 0 aliphatic heterocycles. The van der Waals surface area contributed by atoms with E-state index in [9.17, 15) is 22.4 Å². The summed E-state index contributed by atoms with van der Waals surface area (Å²) in [7, 11) is 7.66. The number of imidazole rings is 1. The quantitative estimate of drug-likeness (QED) is 0.0891. The molecule has 3 atom stereocenters. The predicted octanol–water partition coefficient (Wildman–Crippen LogP) is 8.13. The Balaban J connectivity index is 0.000000969. The second-order valence-corrected chi connectivity index (χ2v) is 11.9. The van der Waals surface area contributed by atoms with Crippen LogP contribution in [0.15, 0.2) is 73.5 Å². The van der Waals surface area contributed by atoms with Gasteiger partial charge in [-0.3, -0.25) is 9.52 Å². The first-order valence-corrected chi connectivity index (χ1v) is 15.8. The maximum absolute atomic E-state index is 14.4. The minimum Gasteiger partial charge on any atom is -0.516 e. The number of nitrogens with one attached hydrogen (secondary N) is 2. The van der Waals surface area contributed by atoms with Gasteiger partial charge in [-0.1, -0.05) is 49.7 Å². The van der Waals surface area contributed by atoms with Gasteiger partial charge in [0.05, 0.1) is 34.7 Å². The highest BCUT2D eigenvalue weighted by atomic mass is 32.1. The van der Waals surface area contributed by atoms with E-state index in [1.54, 1.807) is 7.05 Å². The average Bonchev–Trinajstić information content (AvgIpc) is 3.38. The molecule has 1 fully saturated rings. The Morgan fingerprint density at radius 1 is 1.10 bits per heavy atom. The van der Waals surface area contributed by atoms with E-state index in [1.807, 2.05) is 33.0 Å². The second-order valence-electron chi connectivity index (χ2n) is 11.5. The average molecular weight is 690 g/mol. The Hall–Kier alpha value is -4.07. The first kappa shape index (κ1) is 38.4. The second kappa shape index (κ2) is 17.4. The number of rotatable bonds is 7. The number of thiol groups is 1. The van der Waals surface area contributed by atoms with Crippen molar-refractivity contribution in [1.82, 2.24) is 14.3 Å². The van der Waals surface area contributed by atoms with Gasteiger partial charge in [0.2, 0.25) is 11.9 Å². The van der Waals surface area contributed by atoms with E-state index in [1.165, 1.54) is 0 Å². The van der Waals surface area contributed by atoms with E-state index in [2.05, 4.69) is 76.5 Å². The number of alkyl halides is 3. The molecule has 13 heteroatoms. The van der Waals surface area contributed by atoms with E-state index in [0.29, 0.717) is 25.5 Å². The lowest BCUT2D eigenvalue weighted by atomic mass is 9.76. The fourth-order valence-corrected chi connectivity index (χ4v) is 5.87. The Morgan fingerprint density at radius 2 is 1.73 bits per heavy atom. The highest BCUT2D eigenvalue weighted by molar-refractivity contribution is 7.78. The molecule has 260 valence electrons. The molecule has 1 aliphatic carbocycles. The summed E-state index contributed by atoms with van der Waals surface area (Å²) in [5, 5.41) is 9.84. The number of aliphatic hydroxyl groups is 1. The molecule has 48 heavy (non-hydrogen) atoms. The van der Waals surface area contributed by atoms with Gasteiger partial charge in [-0.2, -0.15) is 13.2 Å². The van der Waals surface area contributed by atoms with Crippen LogP contribution in [0.3, 0.4) is 0 Å². The van der Waals surface area contributed by atoms with Crippen molar-refractivity contribution in [3.05, 3.63) is 90.4 Å². The first-order chi connectivity index (χ1) is 22.8. The summed E-state index contributed by atoms with van der Waals surface area (Å²) < 4.78 is 63.6. The van der Waals surface area contributed by atoms with Gasteiger partial charge in [-0.25, -0.2) is 9.37 Å². The molecule has 3 N–H and O–H groups in total. The molecule has 1 heterocycles. The number of amides is 1. The van der Waals surface area contributed by atoms with Crippen LogP contribution in [0.5, 0.6) is 0 Å². The number of anilines is 2. The highest BCUT2D eigenvalue weighted by Crippen LogP contribution is 2.39. The number of carbonyl (C=O) groups is 1. The van der Waals surface area contributed by atoms with E-state index >= 15 is 0 Å². The number of fused-ring (bicyclic) bond motifs is 1. The summed E-state index contributed by atoms with van der Waals surface area (Å²) in [6.45, 7) is 5.30. The molecule has 1 aliphatic rings. The molecule has 0 radical (unpaired) electrons. The van der Waals surface area contributed by atoms with Crippen LogP contribution in [0.2, 0.25) is 0 Å². The number of aliphatic hydroxyl groups excluding tert-OH is 1. The molecule has 1 amide bonds. The Morgan fingerprint density at radius 3 is 2.29 bits per heavy atom. The van der Waals surface area contributed by atoms with Crippen molar-refractivity contribution in [3.8, 4) is 11.1 Å².